The quantitative estimate of drug-likeness (QED) is 0.488. The topological polar surface area (TPSA) is 111 Å². The third-order valence-electron chi connectivity index (χ3n) is 3.93. The van der Waals surface area contributed by atoms with Gasteiger partial charge in [0.25, 0.3) is 11.6 Å². The van der Waals surface area contributed by atoms with Crippen LogP contribution in [0, 0.1) is 17.0 Å². The zero-order chi connectivity index (χ0) is 19.4. The van der Waals surface area contributed by atoms with Crippen molar-refractivity contribution in [3.8, 4) is 0 Å². The second kappa shape index (κ2) is 8.09. The molecule has 27 heavy (non-hydrogen) atoms. The summed E-state index contributed by atoms with van der Waals surface area (Å²) < 4.78 is 5.25. The summed E-state index contributed by atoms with van der Waals surface area (Å²) in [7, 11) is 0. The molecule has 1 N–H and O–H groups in total. The van der Waals surface area contributed by atoms with Gasteiger partial charge in [-0.3, -0.25) is 14.9 Å². The van der Waals surface area contributed by atoms with Crippen LogP contribution in [-0.2, 0) is 6.42 Å². The zero-order valence-corrected chi connectivity index (χ0v) is 15.7. The highest BCUT2D eigenvalue weighted by Crippen LogP contribution is 2.29. The predicted molar refractivity (Wildman–Crippen MR) is 99.8 cm³/mol. The third kappa shape index (κ3) is 4.20. The van der Waals surface area contributed by atoms with Crippen molar-refractivity contribution in [2.24, 2.45) is 0 Å². The molecule has 1 amide bonds. The Morgan fingerprint density at radius 3 is 2.74 bits per heavy atom. The van der Waals surface area contributed by atoms with Crippen LogP contribution in [0.4, 0.5) is 5.69 Å². The number of carbonyl (C=O) groups excluding carboxylic acids is 1. The van der Waals surface area contributed by atoms with E-state index in [1.165, 1.54) is 6.07 Å². The van der Waals surface area contributed by atoms with Crippen LogP contribution < -0.4 is 5.32 Å². The Morgan fingerprint density at radius 2 is 2.11 bits per heavy atom. The molecule has 0 bridgehead atoms. The Balaban J connectivity index is 1.90. The molecule has 3 rings (SSSR count). The van der Waals surface area contributed by atoms with Crippen molar-refractivity contribution in [3.63, 3.8) is 0 Å². The van der Waals surface area contributed by atoms with Crippen LogP contribution in [0.15, 0.2) is 40.9 Å². The van der Waals surface area contributed by atoms with Gasteiger partial charge in [-0.15, -0.1) is 11.3 Å². The fraction of sp³-hybridized carbons (Fsp3) is 0.278. The summed E-state index contributed by atoms with van der Waals surface area (Å²) in [6.45, 7) is 3.62. The molecule has 1 atom stereocenters. The number of nitrogens with one attached hydrogen (secondary N) is 1. The van der Waals surface area contributed by atoms with E-state index in [0.717, 1.165) is 23.3 Å². The Kier molecular flexibility index (Phi) is 5.60. The van der Waals surface area contributed by atoms with Gasteiger partial charge in [0.05, 0.1) is 14.7 Å². The lowest BCUT2D eigenvalue weighted by Gasteiger charge is -2.15. The lowest BCUT2D eigenvalue weighted by atomic mass is 10.1. The lowest BCUT2D eigenvalue weighted by Crippen LogP contribution is -2.29. The normalized spacial score (nSPS) is 11.9. The Morgan fingerprint density at radius 1 is 1.37 bits per heavy atom. The average molecular weight is 386 g/mol. The van der Waals surface area contributed by atoms with Crippen molar-refractivity contribution in [2.45, 2.75) is 32.7 Å². The molecule has 3 aromatic rings. The lowest BCUT2D eigenvalue weighted by molar-refractivity contribution is -0.385. The Hall–Kier alpha value is -3.07. The van der Waals surface area contributed by atoms with Crippen molar-refractivity contribution in [1.82, 2.24) is 15.5 Å². The van der Waals surface area contributed by atoms with Crippen LogP contribution in [0.3, 0.4) is 0 Å². The number of aryl methyl sites for hydroxylation is 2. The van der Waals surface area contributed by atoms with Crippen LogP contribution in [0.25, 0.3) is 0 Å². The first-order chi connectivity index (χ1) is 13.0. The fourth-order valence-corrected chi connectivity index (χ4v) is 3.50. The van der Waals surface area contributed by atoms with E-state index in [1.807, 2.05) is 37.3 Å². The number of thiophene rings is 1. The number of rotatable bonds is 7. The first kappa shape index (κ1) is 18.7. The first-order valence-corrected chi connectivity index (χ1v) is 9.24. The monoisotopic (exact) mass is 386 g/mol. The minimum absolute atomic E-state index is 0.0637. The van der Waals surface area contributed by atoms with Gasteiger partial charge < -0.3 is 9.84 Å². The first-order valence-electron chi connectivity index (χ1n) is 8.42. The fourth-order valence-electron chi connectivity index (χ4n) is 2.61. The highest BCUT2D eigenvalue weighted by atomic mass is 32.1. The van der Waals surface area contributed by atoms with Gasteiger partial charge in [0.15, 0.2) is 5.82 Å². The molecule has 0 saturated heterocycles. The second-order valence-electron chi connectivity index (χ2n) is 5.92. The molecule has 0 aliphatic rings. The summed E-state index contributed by atoms with van der Waals surface area (Å²) in [6.07, 6.45) is 1.51. The molecule has 2 aromatic heterocycles. The average Bonchev–Trinajstić information content (AvgIpc) is 3.27. The van der Waals surface area contributed by atoms with Crippen molar-refractivity contribution in [3.05, 3.63) is 73.5 Å². The molecular formula is C18H18N4O4S. The van der Waals surface area contributed by atoms with E-state index in [-0.39, 0.29) is 10.6 Å². The van der Waals surface area contributed by atoms with E-state index in [9.17, 15) is 14.9 Å². The molecule has 0 radical (unpaired) electrons. The van der Waals surface area contributed by atoms with Crippen LogP contribution in [0.2, 0.25) is 0 Å². The van der Waals surface area contributed by atoms with Crippen LogP contribution in [-0.4, -0.2) is 21.0 Å². The van der Waals surface area contributed by atoms with Gasteiger partial charge in [-0.25, -0.2) is 0 Å². The van der Waals surface area contributed by atoms with Gasteiger partial charge in [0.1, 0.15) is 6.04 Å². The van der Waals surface area contributed by atoms with Gasteiger partial charge in [0.2, 0.25) is 5.89 Å². The molecular weight excluding hydrogens is 368 g/mol. The highest BCUT2D eigenvalue weighted by molar-refractivity contribution is 7.14. The number of aromatic nitrogens is 2. The molecule has 0 saturated carbocycles. The minimum atomic E-state index is -0.616. The van der Waals surface area contributed by atoms with E-state index in [2.05, 4.69) is 15.5 Å². The molecule has 8 nitrogen and oxygen atoms in total. The maximum Gasteiger partial charge on any atom is 0.283 e. The third-order valence-corrected chi connectivity index (χ3v) is 4.96. The summed E-state index contributed by atoms with van der Waals surface area (Å²) >= 11 is 1.08. The largest absolute Gasteiger partial charge is 0.339 e. The summed E-state index contributed by atoms with van der Waals surface area (Å²) in [5, 5.41) is 17.9. The zero-order valence-electron chi connectivity index (χ0n) is 14.8. The number of hydrogen-bond donors (Lipinski definition) is 1. The molecule has 0 spiro atoms. The van der Waals surface area contributed by atoms with Crippen molar-refractivity contribution >= 4 is 22.9 Å². The van der Waals surface area contributed by atoms with Crippen molar-refractivity contribution in [1.29, 1.82) is 0 Å². The molecule has 0 fully saturated rings. The van der Waals surface area contributed by atoms with E-state index in [4.69, 9.17) is 4.52 Å². The van der Waals surface area contributed by atoms with Crippen LogP contribution >= 0.6 is 11.3 Å². The van der Waals surface area contributed by atoms with Crippen molar-refractivity contribution < 1.29 is 14.2 Å². The van der Waals surface area contributed by atoms with Gasteiger partial charge in [0, 0.05) is 12.5 Å². The van der Waals surface area contributed by atoms with E-state index in [1.54, 1.807) is 6.92 Å². The summed E-state index contributed by atoms with van der Waals surface area (Å²) in [5.74, 6) is 0.429. The number of nitro groups is 1. The molecule has 9 heteroatoms. The predicted octanol–water partition coefficient (Wildman–Crippen LogP) is 3.82. The van der Waals surface area contributed by atoms with Crippen molar-refractivity contribution in [2.75, 3.05) is 0 Å². The van der Waals surface area contributed by atoms with Gasteiger partial charge >= 0.3 is 0 Å². The highest BCUT2D eigenvalue weighted by Gasteiger charge is 2.26. The molecule has 140 valence electrons. The van der Waals surface area contributed by atoms with Gasteiger partial charge in [-0.2, -0.15) is 4.98 Å². The molecule has 0 unspecified atom stereocenters. The molecule has 0 aliphatic carbocycles. The van der Waals surface area contributed by atoms with E-state index >= 15 is 0 Å². The van der Waals surface area contributed by atoms with E-state index in [0.29, 0.717) is 23.0 Å². The summed E-state index contributed by atoms with van der Waals surface area (Å²) in [6, 6.07) is 9.94. The smallest absolute Gasteiger partial charge is 0.283 e. The number of nitrogens with zero attached hydrogens (tertiary/aromatic N) is 3. The molecule has 1 aromatic carbocycles. The number of benzene rings is 1. The molecule has 2 heterocycles. The maximum atomic E-state index is 12.7. The second-order valence-corrected chi connectivity index (χ2v) is 7.18. The SMILES string of the molecule is CCCc1nc([C@@H](NC(=O)c2cc([N+](=O)[O-])c(C)s2)c2ccccc2)no1. The Labute approximate surface area is 159 Å². The minimum Gasteiger partial charge on any atom is -0.339 e. The maximum absolute atomic E-state index is 12.7. The number of carbonyl (C=O) groups is 1. The van der Waals surface area contributed by atoms with Crippen LogP contribution in [0.5, 0.6) is 0 Å². The standard InChI is InChI=1S/C18H18N4O4S/c1-3-7-15-19-17(21-26-15)16(12-8-5-4-6-9-12)20-18(23)14-10-13(22(24)25)11(2)27-14/h4-6,8-10,16H,3,7H2,1-2H3,(H,20,23)/t16-/m0/s1. The summed E-state index contributed by atoms with van der Waals surface area (Å²) in [5.41, 5.74) is 0.726. The molecule has 0 aliphatic heterocycles. The number of hydrogen-bond acceptors (Lipinski definition) is 7. The number of amides is 1. The van der Waals surface area contributed by atoms with Gasteiger partial charge in [-0.1, -0.05) is 42.4 Å². The van der Waals surface area contributed by atoms with E-state index < -0.39 is 16.9 Å². The Bertz CT molecular complexity index is 951. The summed E-state index contributed by atoms with van der Waals surface area (Å²) in [4.78, 5) is 28.4. The van der Waals surface area contributed by atoms with Crippen LogP contribution in [0.1, 0.15) is 51.2 Å². The van der Waals surface area contributed by atoms with Gasteiger partial charge in [-0.05, 0) is 18.9 Å².